The highest BCUT2D eigenvalue weighted by Crippen LogP contribution is 2.27. The third-order valence-corrected chi connectivity index (χ3v) is 5.57. The number of benzene rings is 1. The number of aryl methyl sites for hydroxylation is 3. The van der Waals surface area contributed by atoms with Gasteiger partial charge in [-0.3, -0.25) is 14.8 Å². The Bertz CT molecular complexity index is 1210. The number of hydrogen-bond acceptors (Lipinski definition) is 7. The van der Waals surface area contributed by atoms with Gasteiger partial charge in [0.1, 0.15) is 18.1 Å². The molecule has 30 heavy (non-hydrogen) atoms. The maximum Gasteiger partial charge on any atom is 0.280 e. The van der Waals surface area contributed by atoms with Gasteiger partial charge in [0.15, 0.2) is 10.8 Å². The summed E-state index contributed by atoms with van der Waals surface area (Å²) < 4.78 is 12.9. The number of nitrogens with zero attached hydrogens (tertiary/aromatic N) is 4. The molecule has 3 heterocycles. The Kier molecular flexibility index (Phi) is 5.37. The highest BCUT2D eigenvalue weighted by Gasteiger charge is 2.22. The zero-order valence-electron chi connectivity index (χ0n) is 17.1. The summed E-state index contributed by atoms with van der Waals surface area (Å²) in [6.45, 7) is 5.90. The summed E-state index contributed by atoms with van der Waals surface area (Å²) >= 11 is 1.34. The fourth-order valence-corrected chi connectivity index (χ4v) is 3.67. The third kappa shape index (κ3) is 3.97. The molecule has 0 aliphatic heterocycles. The zero-order valence-corrected chi connectivity index (χ0v) is 17.9. The molecule has 1 aromatic carbocycles. The first-order valence-electron chi connectivity index (χ1n) is 9.33. The SMILES string of the molecule is Cc1cccc(OCc2c(C(=O)Nc3nc(-c4cnn(C)c4C)cs3)noc2C)c1. The summed E-state index contributed by atoms with van der Waals surface area (Å²) in [5, 5.41) is 13.3. The monoisotopic (exact) mass is 423 g/mol. The summed E-state index contributed by atoms with van der Waals surface area (Å²) in [5.41, 5.74) is 4.58. The van der Waals surface area contributed by atoms with Crippen molar-refractivity contribution in [3.8, 4) is 17.0 Å². The predicted octanol–water partition coefficient (Wildman–Crippen LogP) is 4.29. The van der Waals surface area contributed by atoms with Gasteiger partial charge in [0, 0.05) is 23.7 Å². The van der Waals surface area contributed by atoms with Crippen molar-refractivity contribution >= 4 is 22.4 Å². The molecule has 0 spiro atoms. The Balaban J connectivity index is 1.49. The summed E-state index contributed by atoms with van der Waals surface area (Å²) in [4.78, 5) is 17.3. The van der Waals surface area contributed by atoms with Gasteiger partial charge in [0.2, 0.25) is 0 Å². The first kappa shape index (κ1) is 19.8. The van der Waals surface area contributed by atoms with E-state index in [1.165, 1.54) is 11.3 Å². The van der Waals surface area contributed by atoms with Crippen LogP contribution in [0.15, 0.2) is 40.4 Å². The van der Waals surface area contributed by atoms with Crippen molar-refractivity contribution < 1.29 is 14.1 Å². The highest BCUT2D eigenvalue weighted by molar-refractivity contribution is 7.14. The molecule has 154 valence electrons. The normalized spacial score (nSPS) is 10.9. The van der Waals surface area contributed by atoms with Crippen LogP contribution < -0.4 is 10.1 Å². The standard InChI is InChI=1S/C21H21N5O3S/c1-12-6-5-7-15(8-12)28-10-17-14(3)29-25-19(17)20(27)24-21-23-18(11-30-21)16-9-22-26(4)13(16)2/h5-9,11H,10H2,1-4H3,(H,23,24,27). The lowest BCUT2D eigenvalue weighted by Crippen LogP contribution is -2.15. The maximum absolute atomic E-state index is 12.8. The third-order valence-electron chi connectivity index (χ3n) is 4.81. The van der Waals surface area contributed by atoms with E-state index in [0.717, 1.165) is 28.3 Å². The summed E-state index contributed by atoms with van der Waals surface area (Å²) in [6, 6.07) is 7.71. The quantitative estimate of drug-likeness (QED) is 0.497. The van der Waals surface area contributed by atoms with Gasteiger partial charge < -0.3 is 9.26 Å². The highest BCUT2D eigenvalue weighted by atomic mass is 32.1. The summed E-state index contributed by atoms with van der Waals surface area (Å²) in [7, 11) is 1.88. The van der Waals surface area contributed by atoms with E-state index in [2.05, 4.69) is 20.6 Å². The molecule has 0 atom stereocenters. The molecule has 1 N–H and O–H groups in total. The van der Waals surface area contributed by atoms with Crippen molar-refractivity contribution in [3.63, 3.8) is 0 Å². The Hall–Kier alpha value is -3.46. The second-order valence-corrected chi connectivity index (χ2v) is 7.79. The first-order chi connectivity index (χ1) is 14.4. The van der Waals surface area contributed by atoms with E-state index in [9.17, 15) is 4.79 Å². The van der Waals surface area contributed by atoms with Crippen LogP contribution in [0.4, 0.5) is 5.13 Å². The average Bonchev–Trinajstić information content (AvgIpc) is 3.41. The van der Waals surface area contributed by atoms with Crippen LogP contribution in [0, 0.1) is 20.8 Å². The van der Waals surface area contributed by atoms with Gasteiger partial charge >= 0.3 is 0 Å². The molecule has 0 aliphatic rings. The largest absolute Gasteiger partial charge is 0.489 e. The molecule has 1 amide bonds. The van der Waals surface area contributed by atoms with Gasteiger partial charge in [-0.05, 0) is 38.5 Å². The van der Waals surface area contributed by atoms with Gasteiger partial charge in [-0.15, -0.1) is 11.3 Å². The van der Waals surface area contributed by atoms with Crippen LogP contribution >= 0.6 is 11.3 Å². The van der Waals surface area contributed by atoms with Crippen molar-refractivity contribution in [1.82, 2.24) is 19.9 Å². The van der Waals surface area contributed by atoms with Crippen LogP contribution in [-0.2, 0) is 13.7 Å². The molecule has 0 saturated carbocycles. The molecule has 0 radical (unpaired) electrons. The molecule has 0 saturated heterocycles. The van der Waals surface area contributed by atoms with Crippen LogP contribution in [0.2, 0.25) is 0 Å². The molecule has 4 rings (SSSR count). The Morgan fingerprint density at radius 2 is 2.13 bits per heavy atom. The number of aromatic nitrogens is 4. The molecular weight excluding hydrogens is 402 g/mol. The molecule has 4 aromatic rings. The number of carbonyl (C=O) groups excluding carboxylic acids is 1. The van der Waals surface area contributed by atoms with Crippen molar-refractivity contribution in [2.24, 2.45) is 7.05 Å². The van der Waals surface area contributed by atoms with E-state index in [0.29, 0.717) is 16.5 Å². The van der Waals surface area contributed by atoms with Gasteiger partial charge in [-0.2, -0.15) is 5.10 Å². The van der Waals surface area contributed by atoms with Crippen LogP contribution in [0.3, 0.4) is 0 Å². The van der Waals surface area contributed by atoms with E-state index in [1.807, 2.05) is 50.5 Å². The summed E-state index contributed by atoms with van der Waals surface area (Å²) in [6.07, 6.45) is 1.76. The fraction of sp³-hybridized carbons (Fsp3) is 0.238. The van der Waals surface area contributed by atoms with E-state index in [1.54, 1.807) is 17.8 Å². The number of anilines is 1. The van der Waals surface area contributed by atoms with E-state index < -0.39 is 5.91 Å². The number of ether oxygens (including phenoxy) is 1. The molecule has 0 fully saturated rings. The summed E-state index contributed by atoms with van der Waals surface area (Å²) in [5.74, 6) is 0.871. The van der Waals surface area contributed by atoms with Gasteiger partial charge in [0.25, 0.3) is 5.91 Å². The lowest BCUT2D eigenvalue weighted by molar-refractivity contribution is 0.101. The van der Waals surface area contributed by atoms with Crippen molar-refractivity contribution in [1.29, 1.82) is 0 Å². The molecule has 3 aromatic heterocycles. The minimum atomic E-state index is -0.390. The molecular formula is C21H21N5O3S. The average molecular weight is 423 g/mol. The molecule has 0 unspecified atom stereocenters. The Labute approximate surface area is 177 Å². The lowest BCUT2D eigenvalue weighted by atomic mass is 10.2. The predicted molar refractivity (Wildman–Crippen MR) is 114 cm³/mol. The van der Waals surface area contributed by atoms with Crippen LogP contribution in [0.25, 0.3) is 11.3 Å². The second-order valence-electron chi connectivity index (χ2n) is 6.93. The molecule has 9 heteroatoms. The van der Waals surface area contributed by atoms with Crippen molar-refractivity contribution in [2.75, 3.05) is 5.32 Å². The Morgan fingerprint density at radius 1 is 1.30 bits per heavy atom. The maximum atomic E-state index is 12.8. The first-order valence-corrected chi connectivity index (χ1v) is 10.2. The number of hydrogen-bond donors (Lipinski definition) is 1. The van der Waals surface area contributed by atoms with Gasteiger partial charge in [-0.25, -0.2) is 4.98 Å². The molecule has 0 aliphatic carbocycles. The van der Waals surface area contributed by atoms with Crippen LogP contribution in [0.1, 0.15) is 33.1 Å². The van der Waals surface area contributed by atoms with Gasteiger partial charge in [0.05, 0.1) is 17.5 Å². The fourth-order valence-electron chi connectivity index (χ4n) is 2.96. The molecule has 8 nitrogen and oxygen atoms in total. The van der Waals surface area contributed by atoms with Crippen molar-refractivity contribution in [3.05, 3.63) is 64.1 Å². The topological polar surface area (TPSA) is 95.1 Å². The Morgan fingerprint density at radius 3 is 2.87 bits per heavy atom. The zero-order chi connectivity index (χ0) is 21.3. The van der Waals surface area contributed by atoms with Crippen LogP contribution in [0.5, 0.6) is 5.75 Å². The van der Waals surface area contributed by atoms with Crippen LogP contribution in [-0.4, -0.2) is 25.8 Å². The lowest BCUT2D eigenvalue weighted by Gasteiger charge is -2.07. The minimum Gasteiger partial charge on any atom is -0.489 e. The second kappa shape index (κ2) is 8.11. The van der Waals surface area contributed by atoms with E-state index >= 15 is 0 Å². The molecule has 0 bridgehead atoms. The number of rotatable bonds is 6. The number of thiazole rings is 1. The van der Waals surface area contributed by atoms with Crippen molar-refractivity contribution in [2.45, 2.75) is 27.4 Å². The number of amides is 1. The van der Waals surface area contributed by atoms with E-state index in [4.69, 9.17) is 9.26 Å². The van der Waals surface area contributed by atoms with E-state index in [-0.39, 0.29) is 12.3 Å². The van der Waals surface area contributed by atoms with Gasteiger partial charge in [-0.1, -0.05) is 17.3 Å². The smallest absolute Gasteiger partial charge is 0.280 e. The minimum absolute atomic E-state index is 0.180. The number of nitrogens with one attached hydrogen (secondary N) is 1. The number of carbonyl (C=O) groups is 1.